The number of nitrogens with zero attached hydrogens (tertiary/aromatic N) is 1. The minimum atomic E-state index is -0.0649. The fourth-order valence-corrected chi connectivity index (χ4v) is 3.71. The number of aryl methyl sites for hydroxylation is 1. The van der Waals surface area contributed by atoms with Crippen molar-refractivity contribution in [1.29, 1.82) is 0 Å². The Kier molecular flexibility index (Phi) is 9.62. The Bertz CT molecular complexity index is 1120. The number of benzene rings is 2. The zero-order valence-electron chi connectivity index (χ0n) is 19.8. The number of aliphatic imine (C=N–C) groups is 1. The van der Waals surface area contributed by atoms with E-state index in [9.17, 15) is 4.79 Å². The van der Waals surface area contributed by atoms with Crippen LogP contribution in [0.1, 0.15) is 36.5 Å². The summed E-state index contributed by atoms with van der Waals surface area (Å²) >= 11 is 0. The van der Waals surface area contributed by atoms with Crippen molar-refractivity contribution in [3.05, 3.63) is 65.4 Å². The number of hydrogen-bond donors (Lipinski definition) is 4. The number of ether oxygens (including phenoxy) is 1. The number of halogens is 1. The van der Waals surface area contributed by atoms with Crippen LogP contribution in [-0.4, -0.2) is 42.6 Å². The predicted molar refractivity (Wildman–Crippen MR) is 148 cm³/mol. The van der Waals surface area contributed by atoms with Gasteiger partial charge in [0.15, 0.2) is 12.6 Å². The van der Waals surface area contributed by atoms with Gasteiger partial charge in [-0.2, -0.15) is 0 Å². The maximum Gasteiger partial charge on any atom is 0.258 e. The van der Waals surface area contributed by atoms with E-state index in [1.807, 2.05) is 24.3 Å². The Morgan fingerprint density at radius 2 is 2.03 bits per heavy atom. The van der Waals surface area contributed by atoms with Gasteiger partial charge in [-0.05, 0) is 68.0 Å². The van der Waals surface area contributed by atoms with Crippen molar-refractivity contribution in [2.45, 2.75) is 45.7 Å². The molecule has 1 heterocycles. The first-order valence-corrected chi connectivity index (χ1v) is 11.7. The summed E-state index contributed by atoms with van der Waals surface area (Å²) < 4.78 is 5.65. The number of aromatic nitrogens is 1. The minimum absolute atomic E-state index is 0. The lowest BCUT2D eigenvalue weighted by atomic mass is 10.1. The van der Waals surface area contributed by atoms with Crippen molar-refractivity contribution in [3.8, 4) is 5.75 Å². The molecule has 4 N–H and O–H groups in total. The smallest absolute Gasteiger partial charge is 0.258 e. The van der Waals surface area contributed by atoms with Gasteiger partial charge in [-0.1, -0.05) is 24.3 Å². The van der Waals surface area contributed by atoms with E-state index >= 15 is 0 Å². The third-order valence-corrected chi connectivity index (χ3v) is 5.58. The third-order valence-electron chi connectivity index (χ3n) is 5.58. The molecule has 0 bridgehead atoms. The van der Waals surface area contributed by atoms with Gasteiger partial charge in [0.05, 0.1) is 6.54 Å². The van der Waals surface area contributed by atoms with Crippen molar-refractivity contribution in [1.82, 2.24) is 20.9 Å². The summed E-state index contributed by atoms with van der Waals surface area (Å²) in [6.07, 6.45) is 5.14. The zero-order valence-corrected chi connectivity index (χ0v) is 22.1. The van der Waals surface area contributed by atoms with Crippen LogP contribution in [0.15, 0.2) is 53.7 Å². The van der Waals surface area contributed by atoms with Gasteiger partial charge in [-0.3, -0.25) is 4.79 Å². The molecule has 34 heavy (non-hydrogen) atoms. The molecule has 0 aliphatic heterocycles. The lowest BCUT2D eigenvalue weighted by molar-refractivity contribution is -0.123. The number of carbonyl (C=O) groups excluding carboxylic acids is 1. The molecular formula is C26H34IN5O2. The Morgan fingerprint density at radius 3 is 2.82 bits per heavy atom. The van der Waals surface area contributed by atoms with Crippen LogP contribution in [0.2, 0.25) is 0 Å². The van der Waals surface area contributed by atoms with E-state index in [2.05, 4.69) is 59.2 Å². The molecule has 1 aliphatic rings. The monoisotopic (exact) mass is 575 g/mol. The lowest BCUT2D eigenvalue weighted by Gasteiger charge is -2.12. The van der Waals surface area contributed by atoms with Gasteiger partial charge >= 0.3 is 0 Å². The Labute approximate surface area is 218 Å². The van der Waals surface area contributed by atoms with Crippen LogP contribution in [0, 0.1) is 6.92 Å². The van der Waals surface area contributed by atoms with Crippen molar-refractivity contribution in [3.63, 3.8) is 0 Å². The lowest BCUT2D eigenvalue weighted by Crippen LogP contribution is -2.38. The summed E-state index contributed by atoms with van der Waals surface area (Å²) in [5.74, 6) is 1.40. The zero-order chi connectivity index (χ0) is 23.0. The third kappa shape index (κ3) is 7.65. The van der Waals surface area contributed by atoms with Crippen LogP contribution in [0.3, 0.4) is 0 Å². The number of nitrogens with one attached hydrogen (secondary N) is 4. The highest BCUT2D eigenvalue weighted by molar-refractivity contribution is 14.0. The first-order valence-electron chi connectivity index (χ1n) is 11.7. The number of fused-ring (bicyclic) bond motifs is 1. The first-order chi connectivity index (χ1) is 16.1. The summed E-state index contributed by atoms with van der Waals surface area (Å²) in [7, 11) is 0. The van der Waals surface area contributed by atoms with Gasteiger partial charge in [0.1, 0.15) is 5.75 Å². The van der Waals surface area contributed by atoms with Crippen molar-refractivity contribution in [2.24, 2.45) is 4.99 Å². The van der Waals surface area contributed by atoms with E-state index in [0.29, 0.717) is 18.3 Å². The van der Waals surface area contributed by atoms with E-state index in [-0.39, 0.29) is 36.5 Å². The van der Waals surface area contributed by atoms with Gasteiger partial charge in [-0.15, -0.1) is 24.0 Å². The number of guanidine groups is 1. The number of carbonyl (C=O) groups is 1. The van der Waals surface area contributed by atoms with E-state index in [4.69, 9.17) is 9.73 Å². The fraction of sp³-hybridized carbons (Fsp3) is 0.385. The minimum Gasteiger partial charge on any atom is -0.484 e. The van der Waals surface area contributed by atoms with Crippen LogP contribution in [-0.2, 0) is 17.8 Å². The van der Waals surface area contributed by atoms with Gasteiger partial charge in [0.25, 0.3) is 5.91 Å². The van der Waals surface area contributed by atoms with Crippen molar-refractivity contribution >= 4 is 46.7 Å². The van der Waals surface area contributed by atoms with Crippen LogP contribution < -0.4 is 20.7 Å². The number of hydrogen-bond acceptors (Lipinski definition) is 3. The molecule has 1 fully saturated rings. The average molecular weight is 575 g/mol. The molecule has 0 unspecified atom stereocenters. The normalized spacial score (nSPS) is 13.3. The van der Waals surface area contributed by atoms with Crippen LogP contribution in [0.4, 0.5) is 0 Å². The second kappa shape index (κ2) is 12.6. The van der Waals surface area contributed by atoms with Gasteiger partial charge in [0.2, 0.25) is 0 Å². The largest absolute Gasteiger partial charge is 0.484 e. The quantitative estimate of drug-likeness (QED) is 0.167. The van der Waals surface area contributed by atoms with E-state index < -0.39 is 0 Å². The summed E-state index contributed by atoms with van der Waals surface area (Å²) in [5.41, 5.74) is 4.76. The van der Waals surface area contributed by atoms with Gasteiger partial charge in [-0.25, -0.2) is 4.99 Å². The highest BCUT2D eigenvalue weighted by Gasteiger charge is 2.23. The maximum absolute atomic E-state index is 11.8. The molecule has 0 spiro atoms. The molecule has 0 radical (unpaired) electrons. The molecule has 0 saturated heterocycles. The van der Waals surface area contributed by atoms with E-state index in [1.165, 1.54) is 22.0 Å². The molecule has 3 aromatic rings. The topological polar surface area (TPSA) is 90.5 Å². The Hall–Kier alpha value is -2.75. The molecule has 182 valence electrons. The standard InChI is InChI=1S/C26H33N5O2.HI/c1-3-27-26(28-12-11-20-16-29-24-13-18(2)7-10-23(20)24)30-15-19-5-4-6-22(14-19)33-17-25(32)31-21-8-9-21;/h4-7,10,13-14,16,21,29H,3,8-9,11-12,15,17H2,1-2H3,(H,31,32)(H2,27,28,30);1H. The molecular weight excluding hydrogens is 541 g/mol. The predicted octanol–water partition coefficient (Wildman–Crippen LogP) is 4.05. The molecule has 1 aromatic heterocycles. The summed E-state index contributed by atoms with van der Waals surface area (Å²) in [6, 6.07) is 14.6. The molecule has 0 atom stereocenters. The first kappa shape index (κ1) is 25.9. The Morgan fingerprint density at radius 1 is 1.18 bits per heavy atom. The van der Waals surface area contributed by atoms with Crippen molar-refractivity contribution in [2.75, 3.05) is 19.7 Å². The number of H-pyrrole nitrogens is 1. The molecule has 8 heteroatoms. The second-order valence-electron chi connectivity index (χ2n) is 8.51. The molecule has 4 rings (SSSR count). The van der Waals surface area contributed by atoms with Gasteiger partial charge in [0, 0.05) is 36.2 Å². The maximum atomic E-state index is 11.8. The van der Waals surface area contributed by atoms with E-state index in [1.54, 1.807) is 0 Å². The average Bonchev–Trinajstić information content (AvgIpc) is 3.54. The summed E-state index contributed by atoms with van der Waals surface area (Å²) in [5, 5.41) is 10.9. The Balaban J connectivity index is 0.00000324. The highest BCUT2D eigenvalue weighted by atomic mass is 127. The molecule has 1 saturated carbocycles. The molecule has 7 nitrogen and oxygen atoms in total. The summed E-state index contributed by atoms with van der Waals surface area (Å²) in [6.45, 7) is 6.30. The second-order valence-corrected chi connectivity index (χ2v) is 8.51. The number of rotatable bonds is 10. The number of amides is 1. The molecule has 2 aromatic carbocycles. The molecule has 1 amide bonds. The van der Waals surface area contributed by atoms with Crippen LogP contribution >= 0.6 is 24.0 Å². The SMILES string of the molecule is CCNC(=NCc1cccc(OCC(=O)NC2CC2)c1)NCCc1c[nH]c2cc(C)ccc12.I. The van der Waals surface area contributed by atoms with Gasteiger partial charge < -0.3 is 25.7 Å². The fourth-order valence-electron chi connectivity index (χ4n) is 3.71. The molecule has 1 aliphatic carbocycles. The number of aromatic amines is 1. The van der Waals surface area contributed by atoms with Crippen LogP contribution in [0.5, 0.6) is 5.75 Å². The van der Waals surface area contributed by atoms with Crippen LogP contribution in [0.25, 0.3) is 10.9 Å². The van der Waals surface area contributed by atoms with Crippen molar-refractivity contribution < 1.29 is 9.53 Å². The highest BCUT2D eigenvalue weighted by Crippen LogP contribution is 2.20. The summed E-state index contributed by atoms with van der Waals surface area (Å²) in [4.78, 5) is 19.9. The van der Waals surface area contributed by atoms with E-state index in [0.717, 1.165) is 43.9 Å².